The summed E-state index contributed by atoms with van der Waals surface area (Å²) in [4.78, 5) is 34.4. The van der Waals surface area contributed by atoms with Gasteiger partial charge in [-0.05, 0) is 61.2 Å². The molecule has 0 fully saturated rings. The number of benzene rings is 2. The standard InChI is InChI=1S/C22H25NO6/c1-14-5-7-19(11-15(14)2)27-13-22(26)23-10-9-18-6-8-20(28-16(3)24)21(12-18)29-17(4)25/h5-8,11-12H,9-10,13H2,1-4H3,(H,23,26). The van der Waals surface area contributed by atoms with Gasteiger partial charge < -0.3 is 19.5 Å². The van der Waals surface area contributed by atoms with E-state index in [1.807, 2.05) is 32.0 Å². The van der Waals surface area contributed by atoms with Gasteiger partial charge in [-0.3, -0.25) is 14.4 Å². The summed E-state index contributed by atoms with van der Waals surface area (Å²) in [6.07, 6.45) is 0.504. The summed E-state index contributed by atoms with van der Waals surface area (Å²) in [6, 6.07) is 10.6. The number of nitrogens with one attached hydrogen (secondary N) is 1. The summed E-state index contributed by atoms with van der Waals surface area (Å²) in [5.41, 5.74) is 3.07. The van der Waals surface area contributed by atoms with Crippen molar-refractivity contribution in [1.29, 1.82) is 0 Å². The van der Waals surface area contributed by atoms with Crippen LogP contribution in [-0.4, -0.2) is 31.0 Å². The van der Waals surface area contributed by atoms with Gasteiger partial charge in [0.25, 0.3) is 5.91 Å². The number of amides is 1. The molecular weight excluding hydrogens is 374 g/mol. The molecule has 1 N–H and O–H groups in total. The minimum absolute atomic E-state index is 0.0768. The fourth-order valence-corrected chi connectivity index (χ4v) is 2.53. The van der Waals surface area contributed by atoms with E-state index in [4.69, 9.17) is 14.2 Å². The second-order valence-electron chi connectivity index (χ2n) is 6.60. The predicted molar refractivity (Wildman–Crippen MR) is 107 cm³/mol. The fraction of sp³-hybridized carbons (Fsp3) is 0.318. The number of esters is 2. The first-order valence-electron chi connectivity index (χ1n) is 9.21. The molecule has 0 aliphatic carbocycles. The molecule has 0 aliphatic heterocycles. The summed E-state index contributed by atoms with van der Waals surface area (Å²) in [5, 5.41) is 2.78. The third-order valence-corrected chi connectivity index (χ3v) is 4.10. The lowest BCUT2D eigenvalue weighted by atomic mass is 10.1. The van der Waals surface area contributed by atoms with Crippen LogP contribution in [0.15, 0.2) is 36.4 Å². The van der Waals surface area contributed by atoms with Crippen molar-refractivity contribution in [3.8, 4) is 17.2 Å². The Balaban J connectivity index is 1.86. The van der Waals surface area contributed by atoms with Crippen LogP contribution in [0.3, 0.4) is 0 Å². The van der Waals surface area contributed by atoms with Gasteiger partial charge in [0.2, 0.25) is 0 Å². The first-order valence-corrected chi connectivity index (χ1v) is 9.21. The Bertz CT molecular complexity index is 906. The van der Waals surface area contributed by atoms with Crippen molar-refractivity contribution in [3.63, 3.8) is 0 Å². The molecule has 0 saturated carbocycles. The van der Waals surface area contributed by atoms with Crippen LogP contribution in [0.25, 0.3) is 0 Å². The lowest BCUT2D eigenvalue weighted by Gasteiger charge is -2.11. The monoisotopic (exact) mass is 399 g/mol. The molecule has 154 valence electrons. The third-order valence-electron chi connectivity index (χ3n) is 4.10. The zero-order valence-corrected chi connectivity index (χ0v) is 17.0. The first-order chi connectivity index (χ1) is 13.7. The summed E-state index contributed by atoms with van der Waals surface area (Å²) >= 11 is 0. The second kappa shape index (κ2) is 10.3. The van der Waals surface area contributed by atoms with Crippen molar-refractivity contribution in [2.24, 2.45) is 0 Å². The van der Waals surface area contributed by atoms with Crippen molar-refractivity contribution in [2.75, 3.05) is 13.2 Å². The lowest BCUT2D eigenvalue weighted by molar-refractivity contribution is -0.134. The van der Waals surface area contributed by atoms with E-state index < -0.39 is 11.9 Å². The molecule has 0 aliphatic rings. The van der Waals surface area contributed by atoms with Crippen LogP contribution >= 0.6 is 0 Å². The Hall–Kier alpha value is -3.35. The van der Waals surface area contributed by atoms with E-state index in [2.05, 4.69) is 5.32 Å². The molecule has 0 atom stereocenters. The minimum atomic E-state index is -0.521. The third kappa shape index (κ3) is 7.29. The molecule has 0 saturated heterocycles. The normalized spacial score (nSPS) is 10.2. The van der Waals surface area contributed by atoms with Gasteiger partial charge in [0, 0.05) is 20.4 Å². The summed E-state index contributed by atoms with van der Waals surface area (Å²) in [7, 11) is 0. The van der Waals surface area contributed by atoms with Crippen molar-refractivity contribution in [2.45, 2.75) is 34.1 Å². The fourth-order valence-electron chi connectivity index (χ4n) is 2.53. The number of aryl methyl sites for hydroxylation is 2. The molecule has 0 unspecified atom stereocenters. The van der Waals surface area contributed by atoms with Crippen LogP contribution in [0.1, 0.15) is 30.5 Å². The van der Waals surface area contributed by atoms with Crippen LogP contribution in [0.5, 0.6) is 17.2 Å². The van der Waals surface area contributed by atoms with Crippen molar-refractivity contribution in [1.82, 2.24) is 5.32 Å². The SMILES string of the molecule is CC(=O)Oc1ccc(CCNC(=O)COc2ccc(C)c(C)c2)cc1OC(C)=O. The van der Waals surface area contributed by atoms with Crippen LogP contribution < -0.4 is 19.5 Å². The molecular formula is C22H25NO6. The van der Waals surface area contributed by atoms with Crippen LogP contribution in [0.4, 0.5) is 0 Å². The van der Waals surface area contributed by atoms with E-state index in [1.165, 1.54) is 13.8 Å². The Kier molecular flexibility index (Phi) is 7.77. The highest BCUT2D eigenvalue weighted by Gasteiger charge is 2.11. The van der Waals surface area contributed by atoms with Crippen LogP contribution in [-0.2, 0) is 20.8 Å². The van der Waals surface area contributed by atoms with E-state index in [-0.39, 0.29) is 24.0 Å². The van der Waals surface area contributed by atoms with Crippen LogP contribution in [0.2, 0.25) is 0 Å². The van der Waals surface area contributed by atoms with Gasteiger partial charge in [0.1, 0.15) is 5.75 Å². The molecule has 0 heterocycles. The summed E-state index contributed by atoms with van der Waals surface area (Å²) < 4.78 is 15.6. The number of hydrogen-bond acceptors (Lipinski definition) is 6. The van der Waals surface area contributed by atoms with E-state index in [0.29, 0.717) is 18.7 Å². The molecule has 2 aromatic rings. The molecule has 29 heavy (non-hydrogen) atoms. The number of hydrogen-bond donors (Lipinski definition) is 1. The van der Waals surface area contributed by atoms with Gasteiger partial charge in [-0.15, -0.1) is 0 Å². The molecule has 2 aromatic carbocycles. The maximum Gasteiger partial charge on any atom is 0.308 e. The molecule has 7 heteroatoms. The highest BCUT2D eigenvalue weighted by atomic mass is 16.6. The van der Waals surface area contributed by atoms with Crippen molar-refractivity contribution < 1.29 is 28.6 Å². The van der Waals surface area contributed by atoms with E-state index in [0.717, 1.165) is 16.7 Å². The maximum absolute atomic E-state index is 12.0. The van der Waals surface area contributed by atoms with Gasteiger partial charge in [0.15, 0.2) is 18.1 Å². The second-order valence-corrected chi connectivity index (χ2v) is 6.60. The molecule has 0 radical (unpaired) electrons. The van der Waals surface area contributed by atoms with E-state index in [1.54, 1.807) is 18.2 Å². The molecule has 0 bridgehead atoms. The highest BCUT2D eigenvalue weighted by molar-refractivity contribution is 5.77. The zero-order chi connectivity index (χ0) is 21.4. The Morgan fingerprint density at radius 1 is 0.862 bits per heavy atom. The van der Waals surface area contributed by atoms with Gasteiger partial charge in [-0.2, -0.15) is 0 Å². The van der Waals surface area contributed by atoms with Crippen molar-refractivity contribution in [3.05, 3.63) is 53.1 Å². The average molecular weight is 399 g/mol. The quantitative estimate of drug-likeness (QED) is 0.542. The number of carbonyl (C=O) groups is 3. The molecule has 0 spiro atoms. The van der Waals surface area contributed by atoms with Crippen molar-refractivity contribution >= 4 is 17.8 Å². The average Bonchev–Trinajstić information content (AvgIpc) is 2.64. The van der Waals surface area contributed by atoms with Crippen LogP contribution in [0, 0.1) is 13.8 Å². The minimum Gasteiger partial charge on any atom is -0.484 e. The number of ether oxygens (including phenoxy) is 3. The summed E-state index contributed by atoms with van der Waals surface area (Å²) in [5.74, 6) is -0.290. The van der Waals surface area contributed by atoms with E-state index >= 15 is 0 Å². The highest BCUT2D eigenvalue weighted by Crippen LogP contribution is 2.29. The van der Waals surface area contributed by atoms with E-state index in [9.17, 15) is 14.4 Å². The van der Waals surface area contributed by atoms with Gasteiger partial charge in [-0.25, -0.2) is 0 Å². The Morgan fingerprint density at radius 2 is 1.55 bits per heavy atom. The molecule has 1 amide bonds. The van der Waals surface area contributed by atoms with Gasteiger partial charge in [-0.1, -0.05) is 12.1 Å². The zero-order valence-electron chi connectivity index (χ0n) is 17.0. The number of rotatable bonds is 8. The van der Waals surface area contributed by atoms with Gasteiger partial charge in [0.05, 0.1) is 0 Å². The summed E-state index contributed by atoms with van der Waals surface area (Å²) in [6.45, 7) is 6.83. The van der Waals surface area contributed by atoms with Gasteiger partial charge >= 0.3 is 11.9 Å². The topological polar surface area (TPSA) is 90.9 Å². The number of carbonyl (C=O) groups excluding carboxylic acids is 3. The molecule has 0 aromatic heterocycles. The predicted octanol–water partition coefficient (Wildman–Crippen LogP) is 2.89. The first kappa shape index (κ1) is 21.9. The molecule has 7 nitrogen and oxygen atoms in total. The largest absolute Gasteiger partial charge is 0.484 e. The Labute approximate surface area is 170 Å². The smallest absolute Gasteiger partial charge is 0.308 e. The Morgan fingerprint density at radius 3 is 2.21 bits per heavy atom. The molecule has 2 rings (SSSR count). The maximum atomic E-state index is 12.0. The lowest BCUT2D eigenvalue weighted by Crippen LogP contribution is -2.30.